The lowest BCUT2D eigenvalue weighted by Gasteiger charge is -2.42. The molecule has 8 heteroatoms. The topological polar surface area (TPSA) is 55.7 Å². The minimum atomic E-state index is -0.0438. The summed E-state index contributed by atoms with van der Waals surface area (Å²) in [6.45, 7) is -0.0438. The van der Waals surface area contributed by atoms with Crippen LogP contribution in [-0.2, 0) is 0 Å². The Labute approximate surface area is 311 Å². The van der Waals surface area contributed by atoms with E-state index in [1.165, 1.54) is 0 Å². The van der Waals surface area contributed by atoms with Gasteiger partial charge < -0.3 is 23.8 Å². The van der Waals surface area contributed by atoms with Gasteiger partial charge in [0, 0.05) is 87.3 Å². The highest BCUT2D eigenvalue weighted by molar-refractivity contribution is 7.00. The van der Waals surface area contributed by atoms with Crippen molar-refractivity contribution in [2.45, 2.75) is 0 Å². The van der Waals surface area contributed by atoms with Gasteiger partial charge in [0.25, 0.3) is 6.71 Å². The molecule has 0 N–H and O–H groups in total. The molecular weight excluding hydrogens is 665 g/mol. The number of para-hydroxylation sites is 2. The van der Waals surface area contributed by atoms with E-state index in [4.69, 9.17) is 9.47 Å². The van der Waals surface area contributed by atoms with E-state index < -0.39 is 0 Å². The molecule has 252 valence electrons. The second kappa shape index (κ2) is 11.1. The van der Waals surface area contributed by atoms with Gasteiger partial charge in [-0.25, -0.2) is 0 Å². The number of nitrogens with zero attached hydrogens (tertiary/aromatic N) is 5. The zero-order chi connectivity index (χ0) is 35.3. The van der Waals surface area contributed by atoms with Gasteiger partial charge >= 0.3 is 0 Å². The summed E-state index contributed by atoms with van der Waals surface area (Å²) in [4.78, 5) is 13.5. The van der Waals surface area contributed by atoms with Crippen molar-refractivity contribution in [2.24, 2.45) is 0 Å². The standard InChI is InChI=1S/C46H28BN5O2/c1-3-9-29(10-4-1)50(30-11-5-2-6-12-30)31-17-19-32(20-18-31)51-38-13-7-15-40-44(38)47-45-39(51)14-8-16-41(45)54-43-26-33(25-42(53-40)46(43)47)52-36-21-23-48-27-34(36)35-28-49-24-22-37(35)52/h1-28H. The fourth-order valence-electron chi connectivity index (χ4n) is 8.80. The van der Waals surface area contributed by atoms with E-state index in [2.05, 4.69) is 158 Å². The zero-order valence-corrected chi connectivity index (χ0v) is 28.8. The lowest BCUT2D eigenvalue weighted by atomic mass is 9.33. The summed E-state index contributed by atoms with van der Waals surface area (Å²) in [6.07, 6.45) is 7.48. The molecule has 0 bridgehead atoms. The first kappa shape index (κ1) is 29.3. The summed E-state index contributed by atoms with van der Waals surface area (Å²) >= 11 is 0. The number of anilines is 6. The van der Waals surface area contributed by atoms with Crippen molar-refractivity contribution in [3.63, 3.8) is 0 Å². The van der Waals surface area contributed by atoms with Crippen molar-refractivity contribution in [1.29, 1.82) is 0 Å². The van der Waals surface area contributed by atoms with Crippen LogP contribution in [0.4, 0.5) is 34.1 Å². The van der Waals surface area contributed by atoms with Gasteiger partial charge in [0.1, 0.15) is 23.0 Å². The number of benzene rings is 6. The van der Waals surface area contributed by atoms with Crippen LogP contribution < -0.4 is 35.7 Å². The van der Waals surface area contributed by atoms with Crippen molar-refractivity contribution in [1.82, 2.24) is 14.5 Å². The van der Waals surface area contributed by atoms with Crippen molar-refractivity contribution in [2.75, 3.05) is 9.80 Å². The predicted molar refractivity (Wildman–Crippen MR) is 217 cm³/mol. The molecule has 54 heavy (non-hydrogen) atoms. The highest BCUT2D eigenvalue weighted by Crippen LogP contribution is 2.47. The number of ether oxygens (including phenoxy) is 2. The Kier molecular flexibility index (Phi) is 6.01. The predicted octanol–water partition coefficient (Wildman–Crippen LogP) is 9.55. The molecule has 0 saturated carbocycles. The average Bonchev–Trinajstić information content (AvgIpc) is 3.57. The molecule has 6 aromatic carbocycles. The summed E-state index contributed by atoms with van der Waals surface area (Å²) in [6, 6.07) is 51.0. The Hall–Kier alpha value is -7.32. The maximum atomic E-state index is 6.89. The van der Waals surface area contributed by atoms with Gasteiger partial charge in [-0.15, -0.1) is 0 Å². The number of hydrogen-bond acceptors (Lipinski definition) is 6. The van der Waals surface area contributed by atoms with Gasteiger partial charge in [0.15, 0.2) is 0 Å². The molecule has 0 saturated heterocycles. The van der Waals surface area contributed by atoms with Crippen molar-refractivity contribution in [3.8, 4) is 28.7 Å². The van der Waals surface area contributed by atoms with E-state index in [-0.39, 0.29) is 6.71 Å². The molecule has 0 radical (unpaired) electrons. The molecule has 3 aliphatic rings. The normalized spacial score (nSPS) is 13.0. The van der Waals surface area contributed by atoms with Gasteiger partial charge in [-0.2, -0.15) is 0 Å². The summed E-state index contributed by atoms with van der Waals surface area (Å²) in [7, 11) is 0. The molecule has 0 amide bonds. The maximum absolute atomic E-state index is 6.89. The molecule has 0 spiro atoms. The van der Waals surface area contributed by atoms with E-state index in [0.29, 0.717) is 0 Å². The number of rotatable bonds is 5. The van der Waals surface area contributed by atoms with Crippen molar-refractivity contribution >= 4 is 79.0 Å². The fraction of sp³-hybridized carbons (Fsp3) is 0. The van der Waals surface area contributed by atoms with Crippen molar-refractivity contribution in [3.05, 3.63) is 170 Å². The zero-order valence-electron chi connectivity index (χ0n) is 28.8. The maximum Gasteiger partial charge on any atom is 0.266 e. The first-order valence-electron chi connectivity index (χ1n) is 18.1. The van der Waals surface area contributed by atoms with E-state index in [9.17, 15) is 0 Å². The van der Waals surface area contributed by atoms with Crippen molar-refractivity contribution < 1.29 is 9.47 Å². The molecular formula is C46H28BN5O2. The van der Waals surface area contributed by atoms with E-state index >= 15 is 0 Å². The second-order valence-electron chi connectivity index (χ2n) is 13.9. The Morgan fingerprint density at radius 2 is 0.981 bits per heavy atom. The Morgan fingerprint density at radius 1 is 0.463 bits per heavy atom. The van der Waals surface area contributed by atoms with Gasteiger partial charge in [0.05, 0.1) is 16.7 Å². The van der Waals surface area contributed by atoms with Crippen LogP contribution in [0.1, 0.15) is 0 Å². The highest BCUT2D eigenvalue weighted by atomic mass is 16.5. The fourth-order valence-corrected chi connectivity index (χ4v) is 8.80. The number of hydrogen-bond donors (Lipinski definition) is 0. The molecule has 3 aliphatic heterocycles. The van der Waals surface area contributed by atoms with Crippen LogP contribution in [0.15, 0.2) is 170 Å². The summed E-state index contributed by atoms with van der Waals surface area (Å²) in [5.41, 5.74) is 12.9. The lowest BCUT2D eigenvalue weighted by molar-refractivity contribution is 0.464. The molecule has 3 aromatic heterocycles. The van der Waals surface area contributed by atoms with Crippen LogP contribution >= 0.6 is 0 Å². The van der Waals surface area contributed by atoms with Gasteiger partial charge in [-0.3, -0.25) is 9.97 Å². The van der Waals surface area contributed by atoms with Gasteiger partial charge in [-0.1, -0.05) is 48.5 Å². The number of pyridine rings is 2. The first-order valence-corrected chi connectivity index (χ1v) is 18.1. The van der Waals surface area contributed by atoms with Crippen LogP contribution in [-0.4, -0.2) is 21.2 Å². The molecule has 0 aliphatic carbocycles. The monoisotopic (exact) mass is 693 g/mol. The summed E-state index contributed by atoms with van der Waals surface area (Å²) < 4.78 is 16.0. The largest absolute Gasteiger partial charge is 0.458 e. The summed E-state index contributed by atoms with van der Waals surface area (Å²) in [5.74, 6) is 3.31. The van der Waals surface area contributed by atoms with E-state index in [0.717, 1.165) is 101 Å². The molecule has 0 fully saturated rings. The molecule has 0 atom stereocenters. The minimum Gasteiger partial charge on any atom is -0.458 e. The minimum absolute atomic E-state index is 0.0438. The van der Waals surface area contributed by atoms with E-state index in [1.807, 2.05) is 36.9 Å². The molecule has 6 heterocycles. The van der Waals surface area contributed by atoms with Crippen LogP contribution in [0.25, 0.3) is 27.5 Å². The van der Waals surface area contributed by atoms with Gasteiger partial charge in [0.2, 0.25) is 0 Å². The third kappa shape index (κ3) is 4.07. The molecule has 9 aromatic rings. The summed E-state index contributed by atoms with van der Waals surface area (Å²) in [5, 5.41) is 2.10. The third-order valence-electron chi connectivity index (χ3n) is 11.0. The third-order valence-corrected chi connectivity index (χ3v) is 11.0. The Balaban J connectivity index is 1.01. The van der Waals surface area contributed by atoms with E-state index in [1.54, 1.807) is 0 Å². The number of fused-ring (bicyclic) bond motifs is 3. The van der Waals surface area contributed by atoms with Crippen LogP contribution in [0.2, 0.25) is 0 Å². The lowest BCUT2D eigenvalue weighted by Crippen LogP contribution is -2.61. The Bertz CT molecular complexity index is 2800. The first-order chi connectivity index (χ1) is 26.8. The second-order valence-corrected chi connectivity index (χ2v) is 13.9. The SMILES string of the molecule is c1ccc(N(c2ccccc2)c2ccc(N3c4cccc5c4B4c6c(cc(-n7c8ccncc8c8cnccc87)cc6Oc6cccc3c64)O5)cc2)cc1. The molecule has 0 unspecified atom stereocenters. The van der Waals surface area contributed by atoms with Gasteiger partial charge in [-0.05, 0) is 95.9 Å². The number of aromatic nitrogens is 3. The van der Waals surface area contributed by atoms with Crippen LogP contribution in [0.3, 0.4) is 0 Å². The van der Waals surface area contributed by atoms with Crippen LogP contribution in [0, 0.1) is 0 Å². The molecule has 7 nitrogen and oxygen atoms in total. The smallest absolute Gasteiger partial charge is 0.266 e. The molecule has 12 rings (SSSR count). The average molecular weight is 694 g/mol. The Morgan fingerprint density at radius 3 is 1.52 bits per heavy atom. The van der Waals surface area contributed by atoms with Crippen LogP contribution in [0.5, 0.6) is 23.0 Å². The quantitative estimate of drug-likeness (QED) is 0.168. The highest BCUT2D eigenvalue weighted by Gasteiger charge is 2.47.